The van der Waals surface area contributed by atoms with Crippen LogP contribution in [-0.2, 0) is 6.54 Å². The van der Waals surface area contributed by atoms with Crippen LogP contribution < -0.4 is 0 Å². The lowest BCUT2D eigenvalue weighted by Crippen LogP contribution is -2.22. The molecule has 1 heterocycles. The van der Waals surface area contributed by atoms with Crippen molar-refractivity contribution in [1.82, 2.24) is 9.29 Å². The SMILES string of the molecule is O=Cc1cc(Br)cnc1SN(Cc1ccccc1)C(=O)O. The highest BCUT2D eigenvalue weighted by atomic mass is 79.9. The quantitative estimate of drug-likeness (QED) is 0.642. The maximum absolute atomic E-state index is 11.4. The standard InChI is InChI=1S/C14H11BrN2O3S/c15-12-6-11(9-18)13(16-7-12)21-17(14(19)20)8-10-4-2-1-3-5-10/h1-7,9H,8H2,(H,19,20). The molecule has 0 aliphatic heterocycles. The highest BCUT2D eigenvalue weighted by Gasteiger charge is 2.17. The molecule has 0 aliphatic carbocycles. The second kappa shape index (κ2) is 7.24. The van der Waals surface area contributed by atoms with Crippen molar-refractivity contribution in [1.29, 1.82) is 0 Å². The summed E-state index contributed by atoms with van der Waals surface area (Å²) in [5, 5.41) is 9.65. The van der Waals surface area contributed by atoms with E-state index in [9.17, 15) is 14.7 Å². The lowest BCUT2D eigenvalue weighted by molar-refractivity contribution is 0.111. The van der Waals surface area contributed by atoms with E-state index in [0.29, 0.717) is 21.3 Å². The Kier molecular flexibility index (Phi) is 5.35. The number of carbonyl (C=O) groups excluding carboxylic acids is 1. The van der Waals surface area contributed by atoms with Gasteiger partial charge in [0, 0.05) is 28.2 Å². The van der Waals surface area contributed by atoms with Crippen LogP contribution >= 0.6 is 27.9 Å². The highest BCUT2D eigenvalue weighted by molar-refractivity contribution is 9.10. The van der Waals surface area contributed by atoms with Crippen LogP contribution in [0.3, 0.4) is 0 Å². The molecular weight excluding hydrogens is 356 g/mol. The van der Waals surface area contributed by atoms with E-state index in [2.05, 4.69) is 20.9 Å². The predicted molar refractivity (Wildman–Crippen MR) is 83.2 cm³/mol. The van der Waals surface area contributed by atoms with Gasteiger partial charge in [-0.25, -0.2) is 14.1 Å². The summed E-state index contributed by atoms with van der Waals surface area (Å²) in [5.74, 6) is 0. The summed E-state index contributed by atoms with van der Waals surface area (Å²) < 4.78 is 1.80. The lowest BCUT2D eigenvalue weighted by atomic mass is 10.2. The third kappa shape index (κ3) is 4.30. The van der Waals surface area contributed by atoms with E-state index in [1.54, 1.807) is 6.07 Å². The van der Waals surface area contributed by atoms with Crippen LogP contribution in [0.1, 0.15) is 15.9 Å². The van der Waals surface area contributed by atoms with Crippen molar-refractivity contribution in [3.8, 4) is 0 Å². The molecule has 0 atom stereocenters. The molecule has 2 aromatic rings. The Morgan fingerprint density at radius 1 is 1.38 bits per heavy atom. The molecule has 108 valence electrons. The minimum atomic E-state index is -1.09. The number of aldehydes is 1. The Balaban J connectivity index is 2.21. The third-order valence-corrected chi connectivity index (χ3v) is 4.00. The van der Waals surface area contributed by atoms with Crippen LogP contribution in [0.4, 0.5) is 4.79 Å². The van der Waals surface area contributed by atoms with Gasteiger partial charge in [-0.05, 0) is 27.6 Å². The molecule has 0 radical (unpaired) electrons. The van der Waals surface area contributed by atoms with Gasteiger partial charge in [0.05, 0.1) is 6.54 Å². The van der Waals surface area contributed by atoms with Crippen molar-refractivity contribution in [3.05, 3.63) is 58.2 Å². The molecule has 1 aromatic heterocycles. The van der Waals surface area contributed by atoms with Crippen molar-refractivity contribution < 1.29 is 14.7 Å². The van der Waals surface area contributed by atoms with E-state index >= 15 is 0 Å². The first-order valence-electron chi connectivity index (χ1n) is 5.93. The zero-order valence-electron chi connectivity index (χ0n) is 10.8. The Bertz CT molecular complexity index is 652. The number of aromatic nitrogens is 1. The summed E-state index contributed by atoms with van der Waals surface area (Å²) in [6.07, 6.45) is 1.09. The molecule has 1 amide bonds. The first kappa shape index (κ1) is 15.5. The molecule has 0 unspecified atom stereocenters. The number of hydrogen-bond donors (Lipinski definition) is 1. The number of amides is 1. The van der Waals surface area contributed by atoms with Crippen molar-refractivity contribution in [2.24, 2.45) is 0 Å². The number of hydrogen-bond acceptors (Lipinski definition) is 4. The van der Waals surface area contributed by atoms with Crippen LogP contribution in [-0.4, -0.2) is 26.8 Å². The zero-order chi connectivity index (χ0) is 15.2. The summed E-state index contributed by atoms with van der Waals surface area (Å²) in [7, 11) is 0. The van der Waals surface area contributed by atoms with Crippen molar-refractivity contribution in [3.63, 3.8) is 0 Å². The van der Waals surface area contributed by atoms with E-state index < -0.39 is 6.09 Å². The predicted octanol–water partition coefficient (Wildman–Crippen LogP) is 3.84. The van der Waals surface area contributed by atoms with Gasteiger partial charge in [0.15, 0.2) is 6.29 Å². The Morgan fingerprint density at radius 3 is 2.71 bits per heavy atom. The second-order valence-electron chi connectivity index (χ2n) is 4.06. The number of carbonyl (C=O) groups is 2. The molecule has 21 heavy (non-hydrogen) atoms. The van der Waals surface area contributed by atoms with Crippen LogP contribution in [0.25, 0.3) is 0 Å². The second-order valence-corrected chi connectivity index (χ2v) is 5.99. The van der Waals surface area contributed by atoms with Crippen LogP contribution in [0.15, 0.2) is 52.1 Å². The van der Waals surface area contributed by atoms with E-state index in [1.165, 1.54) is 6.20 Å². The van der Waals surface area contributed by atoms with E-state index in [-0.39, 0.29) is 6.54 Å². The Labute approximate surface area is 134 Å². The van der Waals surface area contributed by atoms with Gasteiger partial charge in [0.2, 0.25) is 0 Å². The van der Waals surface area contributed by atoms with E-state index in [1.807, 2.05) is 30.3 Å². The molecule has 0 aliphatic rings. The molecule has 2 rings (SSSR count). The normalized spacial score (nSPS) is 10.1. The maximum atomic E-state index is 11.4. The number of rotatable bonds is 5. The summed E-state index contributed by atoms with van der Waals surface area (Å²) in [4.78, 5) is 26.5. The number of carboxylic acid groups (broad SMARTS) is 1. The summed E-state index contributed by atoms with van der Waals surface area (Å²) in [6.45, 7) is 0.205. The summed E-state index contributed by atoms with van der Waals surface area (Å²) in [5.41, 5.74) is 1.20. The van der Waals surface area contributed by atoms with Crippen molar-refractivity contribution in [2.75, 3.05) is 0 Å². The van der Waals surface area contributed by atoms with Crippen LogP contribution in [0.2, 0.25) is 0 Å². The fourth-order valence-electron chi connectivity index (χ4n) is 1.60. The Morgan fingerprint density at radius 2 is 2.10 bits per heavy atom. The first-order chi connectivity index (χ1) is 10.1. The van der Waals surface area contributed by atoms with E-state index in [4.69, 9.17) is 0 Å². The number of benzene rings is 1. The van der Waals surface area contributed by atoms with Gasteiger partial charge in [-0.1, -0.05) is 30.3 Å². The maximum Gasteiger partial charge on any atom is 0.418 e. The van der Waals surface area contributed by atoms with Gasteiger partial charge in [0.25, 0.3) is 0 Å². The molecule has 1 N–H and O–H groups in total. The third-order valence-electron chi connectivity index (χ3n) is 2.55. The Hall–Kier alpha value is -1.86. The largest absolute Gasteiger partial charge is 0.464 e. The monoisotopic (exact) mass is 366 g/mol. The van der Waals surface area contributed by atoms with Crippen molar-refractivity contribution in [2.45, 2.75) is 11.6 Å². The van der Waals surface area contributed by atoms with Crippen LogP contribution in [0, 0.1) is 0 Å². The molecule has 0 spiro atoms. The first-order valence-corrected chi connectivity index (χ1v) is 7.50. The van der Waals surface area contributed by atoms with Crippen LogP contribution in [0.5, 0.6) is 0 Å². The van der Waals surface area contributed by atoms with Crippen molar-refractivity contribution >= 4 is 40.3 Å². The summed E-state index contributed by atoms with van der Waals surface area (Å²) >= 11 is 4.15. The molecule has 7 heteroatoms. The molecule has 0 fully saturated rings. The minimum absolute atomic E-state index is 0.205. The van der Waals surface area contributed by atoms with Gasteiger partial charge >= 0.3 is 6.09 Å². The fraction of sp³-hybridized carbons (Fsp3) is 0.0714. The minimum Gasteiger partial charge on any atom is -0.464 e. The van der Waals surface area contributed by atoms with Gasteiger partial charge in [-0.2, -0.15) is 0 Å². The molecule has 5 nitrogen and oxygen atoms in total. The van der Waals surface area contributed by atoms with Gasteiger partial charge in [0.1, 0.15) is 5.03 Å². The molecule has 0 saturated heterocycles. The number of nitrogens with zero attached hydrogens (tertiary/aromatic N) is 2. The van der Waals surface area contributed by atoms with Gasteiger partial charge in [-0.15, -0.1) is 0 Å². The topological polar surface area (TPSA) is 70.5 Å². The molecule has 1 aromatic carbocycles. The number of pyridine rings is 1. The molecule has 0 bridgehead atoms. The fourth-order valence-corrected chi connectivity index (χ4v) is 2.76. The zero-order valence-corrected chi connectivity index (χ0v) is 13.2. The smallest absolute Gasteiger partial charge is 0.418 e. The summed E-state index contributed by atoms with van der Waals surface area (Å²) in [6, 6.07) is 10.8. The van der Waals surface area contributed by atoms with Gasteiger partial charge < -0.3 is 5.11 Å². The molecule has 0 saturated carbocycles. The van der Waals surface area contributed by atoms with E-state index in [0.717, 1.165) is 21.8 Å². The lowest BCUT2D eigenvalue weighted by Gasteiger charge is -2.18. The average Bonchev–Trinajstić information content (AvgIpc) is 2.49. The average molecular weight is 367 g/mol. The number of halogens is 1. The highest BCUT2D eigenvalue weighted by Crippen LogP contribution is 2.27. The van der Waals surface area contributed by atoms with Gasteiger partial charge in [-0.3, -0.25) is 4.79 Å². The molecular formula is C14H11BrN2O3S.